The van der Waals surface area contributed by atoms with Gasteiger partial charge in [-0.3, -0.25) is 9.51 Å². The normalized spacial score (nSPS) is 10.9. The topological polar surface area (TPSA) is 86.9 Å². The molecule has 0 aliphatic rings. The van der Waals surface area contributed by atoms with Gasteiger partial charge in [0.2, 0.25) is 11.7 Å². The maximum Gasteiger partial charge on any atom is 0.442 e. The molecule has 25 heavy (non-hydrogen) atoms. The molecule has 7 heteroatoms. The number of aryl methyl sites for hydroxylation is 1. The molecule has 1 aromatic carbocycles. The Labute approximate surface area is 142 Å². The Hall–Kier alpha value is -3.48. The molecule has 0 aliphatic heterocycles. The van der Waals surface area contributed by atoms with Crippen molar-refractivity contribution in [1.82, 2.24) is 19.7 Å². The molecular formula is C18H14N4O3. The quantitative estimate of drug-likeness (QED) is 0.570. The third-order valence-electron chi connectivity index (χ3n) is 3.80. The van der Waals surface area contributed by atoms with E-state index >= 15 is 0 Å². The molecule has 0 radical (unpaired) electrons. The zero-order valence-corrected chi connectivity index (χ0v) is 13.4. The zero-order valence-electron chi connectivity index (χ0n) is 13.4. The molecule has 0 atom stereocenters. The van der Waals surface area contributed by atoms with Crippen LogP contribution in [0.1, 0.15) is 11.5 Å². The summed E-state index contributed by atoms with van der Waals surface area (Å²) in [6.45, 7) is 2.00. The highest BCUT2D eigenvalue weighted by Crippen LogP contribution is 2.22. The number of benzene rings is 1. The summed E-state index contributed by atoms with van der Waals surface area (Å²) in [4.78, 5) is 20.8. The van der Waals surface area contributed by atoms with Crippen molar-refractivity contribution in [2.45, 2.75) is 13.5 Å². The van der Waals surface area contributed by atoms with Gasteiger partial charge in [-0.2, -0.15) is 0 Å². The first-order valence-corrected chi connectivity index (χ1v) is 7.72. The average molecular weight is 334 g/mol. The Bertz CT molecular complexity index is 1050. The van der Waals surface area contributed by atoms with Crippen LogP contribution in [-0.2, 0) is 6.54 Å². The van der Waals surface area contributed by atoms with Gasteiger partial charge in [0.1, 0.15) is 17.1 Å². The van der Waals surface area contributed by atoms with Crippen LogP contribution in [0.5, 0.6) is 0 Å². The van der Waals surface area contributed by atoms with Crippen LogP contribution in [0.2, 0.25) is 0 Å². The van der Waals surface area contributed by atoms with Crippen LogP contribution in [0.25, 0.3) is 23.0 Å². The molecule has 0 fully saturated rings. The van der Waals surface area contributed by atoms with Crippen molar-refractivity contribution in [3.05, 3.63) is 76.7 Å². The second-order valence-corrected chi connectivity index (χ2v) is 5.46. The minimum atomic E-state index is -0.565. The number of oxazole rings is 1. The van der Waals surface area contributed by atoms with Gasteiger partial charge in [-0.25, -0.2) is 14.3 Å². The molecule has 7 nitrogen and oxygen atoms in total. The van der Waals surface area contributed by atoms with Crippen molar-refractivity contribution in [2.75, 3.05) is 0 Å². The summed E-state index contributed by atoms with van der Waals surface area (Å²) < 4.78 is 11.9. The highest BCUT2D eigenvalue weighted by Gasteiger charge is 2.18. The number of aromatic nitrogens is 4. The minimum absolute atomic E-state index is 0.191. The van der Waals surface area contributed by atoms with Gasteiger partial charge in [0, 0.05) is 11.8 Å². The molecule has 0 spiro atoms. The summed E-state index contributed by atoms with van der Waals surface area (Å²) >= 11 is 0. The van der Waals surface area contributed by atoms with E-state index in [1.165, 1.54) is 4.57 Å². The highest BCUT2D eigenvalue weighted by molar-refractivity contribution is 5.53. The second kappa shape index (κ2) is 6.20. The van der Waals surface area contributed by atoms with Crippen LogP contribution in [0.4, 0.5) is 0 Å². The number of nitrogens with zero attached hydrogens (tertiary/aromatic N) is 4. The minimum Gasteiger partial charge on any atom is -0.441 e. The Morgan fingerprint density at radius 2 is 1.88 bits per heavy atom. The number of hydrogen-bond acceptors (Lipinski definition) is 6. The summed E-state index contributed by atoms with van der Waals surface area (Å²) in [5.74, 6) is 0.939. The van der Waals surface area contributed by atoms with Crippen molar-refractivity contribution < 1.29 is 8.94 Å². The maximum absolute atomic E-state index is 12.1. The second-order valence-electron chi connectivity index (χ2n) is 5.46. The molecule has 3 heterocycles. The highest BCUT2D eigenvalue weighted by atomic mass is 16.5. The number of pyridine rings is 1. The van der Waals surface area contributed by atoms with Crippen molar-refractivity contribution in [1.29, 1.82) is 0 Å². The number of hydrogen-bond donors (Lipinski definition) is 0. The lowest BCUT2D eigenvalue weighted by atomic mass is 10.2. The first kappa shape index (κ1) is 15.1. The summed E-state index contributed by atoms with van der Waals surface area (Å²) in [7, 11) is 0. The molecular weight excluding hydrogens is 320 g/mol. The summed E-state index contributed by atoms with van der Waals surface area (Å²) in [6.07, 6.45) is 1.63. The zero-order chi connectivity index (χ0) is 17.2. The Kier molecular flexibility index (Phi) is 3.74. The SMILES string of the molecule is Cc1oc(-c2ccccc2)nc1Cn1c(-c2ccccn2)noc1=O. The fourth-order valence-corrected chi connectivity index (χ4v) is 2.52. The first-order chi connectivity index (χ1) is 12.2. The summed E-state index contributed by atoms with van der Waals surface area (Å²) in [6, 6.07) is 15.0. The number of rotatable bonds is 4. The standard InChI is InChI=1S/C18H14N4O3/c1-12-15(20-17(24-12)13-7-3-2-4-8-13)11-22-16(21-25-18(22)23)14-9-5-6-10-19-14/h2-10H,11H2,1H3. The van der Waals surface area contributed by atoms with E-state index in [4.69, 9.17) is 8.94 Å². The van der Waals surface area contributed by atoms with Gasteiger partial charge in [-0.05, 0) is 31.2 Å². The lowest BCUT2D eigenvalue weighted by Crippen LogP contribution is -2.17. The van der Waals surface area contributed by atoms with E-state index in [0.717, 1.165) is 5.56 Å². The van der Waals surface area contributed by atoms with Crippen LogP contribution in [-0.4, -0.2) is 19.7 Å². The Morgan fingerprint density at radius 3 is 2.64 bits per heavy atom. The molecule has 0 bridgehead atoms. The van der Waals surface area contributed by atoms with Crippen molar-refractivity contribution in [3.63, 3.8) is 0 Å². The van der Waals surface area contributed by atoms with Crippen molar-refractivity contribution >= 4 is 0 Å². The molecule has 124 valence electrons. The molecule has 4 aromatic rings. The first-order valence-electron chi connectivity index (χ1n) is 7.72. The van der Waals surface area contributed by atoms with Crippen LogP contribution in [0.15, 0.2) is 68.5 Å². The lowest BCUT2D eigenvalue weighted by molar-refractivity contribution is 0.377. The smallest absolute Gasteiger partial charge is 0.441 e. The van der Waals surface area contributed by atoms with E-state index < -0.39 is 5.76 Å². The van der Waals surface area contributed by atoms with Gasteiger partial charge in [-0.15, -0.1) is 0 Å². The van der Waals surface area contributed by atoms with E-state index in [2.05, 4.69) is 15.1 Å². The van der Waals surface area contributed by atoms with Gasteiger partial charge in [0.15, 0.2) is 0 Å². The van der Waals surface area contributed by atoms with Crippen LogP contribution < -0.4 is 5.76 Å². The Balaban J connectivity index is 1.72. The molecule has 4 rings (SSSR count). The maximum atomic E-state index is 12.1. The van der Waals surface area contributed by atoms with Gasteiger partial charge in [0.25, 0.3) is 0 Å². The van der Waals surface area contributed by atoms with E-state index in [1.54, 1.807) is 18.3 Å². The fourth-order valence-electron chi connectivity index (χ4n) is 2.52. The largest absolute Gasteiger partial charge is 0.442 e. The summed E-state index contributed by atoms with van der Waals surface area (Å²) in [5, 5.41) is 3.83. The predicted molar refractivity (Wildman–Crippen MR) is 89.8 cm³/mol. The molecule has 0 unspecified atom stereocenters. The van der Waals surface area contributed by atoms with E-state index in [-0.39, 0.29) is 6.54 Å². The van der Waals surface area contributed by atoms with Gasteiger partial charge >= 0.3 is 5.76 Å². The molecule has 0 amide bonds. The molecule has 3 aromatic heterocycles. The molecule has 0 saturated heterocycles. The lowest BCUT2D eigenvalue weighted by Gasteiger charge is -2.01. The van der Waals surface area contributed by atoms with Gasteiger partial charge in [0.05, 0.1) is 6.54 Å². The third kappa shape index (κ3) is 2.87. The predicted octanol–water partition coefficient (Wildman–Crippen LogP) is 2.91. The Morgan fingerprint density at radius 1 is 1.08 bits per heavy atom. The molecule has 0 aliphatic carbocycles. The van der Waals surface area contributed by atoms with Crippen LogP contribution >= 0.6 is 0 Å². The van der Waals surface area contributed by atoms with Crippen molar-refractivity contribution in [3.8, 4) is 23.0 Å². The van der Waals surface area contributed by atoms with Gasteiger partial charge < -0.3 is 4.42 Å². The van der Waals surface area contributed by atoms with Crippen LogP contribution in [0.3, 0.4) is 0 Å². The fraction of sp³-hybridized carbons (Fsp3) is 0.111. The molecule has 0 saturated carbocycles. The van der Waals surface area contributed by atoms with Gasteiger partial charge in [-0.1, -0.05) is 29.4 Å². The monoisotopic (exact) mass is 334 g/mol. The third-order valence-corrected chi connectivity index (χ3v) is 3.80. The van der Waals surface area contributed by atoms with Crippen molar-refractivity contribution in [2.24, 2.45) is 0 Å². The van der Waals surface area contributed by atoms with E-state index in [1.807, 2.05) is 43.3 Å². The average Bonchev–Trinajstić information content (AvgIpc) is 3.20. The summed E-state index contributed by atoms with van der Waals surface area (Å²) in [5.41, 5.74) is 2.07. The van der Waals surface area contributed by atoms with E-state index in [0.29, 0.717) is 28.9 Å². The van der Waals surface area contributed by atoms with Crippen LogP contribution in [0, 0.1) is 6.92 Å². The molecule has 0 N–H and O–H groups in total. The van der Waals surface area contributed by atoms with E-state index in [9.17, 15) is 4.79 Å².